The molecule has 0 aliphatic carbocycles. The number of alkyl halides is 2. The van der Waals surface area contributed by atoms with E-state index in [0.29, 0.717) is 31.7 Å². The molecule has 7 aromatic carbocycles. The van der Waals surface area contributed by atoms with Gasteiger partial charge in [0.2, 0.25) is 5.91 Å². The summed E-state index contributed by atoms with van der Waals surface area (Å²) in [5.41, 5.74) is 15.3. The number of non-ortho nitro benzene ring substituents is 2. The molecule has 0 saturated carbocycles. The smallest absolute Gasteiger partial charge is 0.269 e. The predicted molar refractivity (Wildman–Crippen MR) is 447 cm³/mol. The number of benzene rings is 7. The maximum absolute atomic E-state index is 13.1. The highest BCUT2D eigenvalue weighted by Crippen LogP contribution is 2.33. The van der Waals surface area contributed by atoms with E-state index >= 15 is 0 Å². The van der Waals surface area contributed by atoms with Crippen molar-refractivity contribution in [2.45, 2.75) is 123 Å². The summed E-state index contributed by atoms with van der Waals surface area (Å²) in [6.07, 6.45) is 14.3. The maximum atomic E-state index is 13.1. The molecule has 7 aliphatic rings. The zero-order valence-electron chi connectivity index (χ0n) is 65.8. The minimum absolute atomic E-state index is 0.000278. The zero-order chi connectivity index (χ0) is 79.4. The van der Waals surface area contributed by atoms with E-state index in [0.717, 1.165) is 164 Å². The highest BCUT2D eigenvalue weighted by Gasteiger charge is 2.35. The van der Waals surface area contributed by atoms with Crippen LogP contribution in [0.1, 0.15) is 105 Å². The lowest BCUT2D eigenvalue weighted by molar-refractivity contribution is -0.385. The first-order chi connectivity index (χ1) is 53.8. The standard InChI is InChI=1S/C29H32N2O3.C17H23BrN2O2.C13H18N2O3.C13H20N2O.C7H7NO3.C6H12ClN.CH4O/c1-22-21-25(11-14-27(22)33-20-19-30-16-5-6-17-30)31-18-15-28(29(31)32)34-26-12-9-24(10-13-26)23-7-3-2-4-8-23;1-13-12-14(20-9-6-15(18)17(20)21)4-5-16(13)22-11-10-19-7-2-3-8-19;1-11-10-12(15(16)17)4-5-13(11)18-9-8-14-6-2-3-7-14;1-11-10-12(14)4-5-13(11)16-9-8-15-6-2-3-7-15;1-5-4-6(8(10)11)2-3-7(5)9;7-3-6-8-4-1-2-5-8;1-2/h2-4,7-14,21,28H,5-6,15-20H2,1H3;4-5,12,15H,2-3,6-11H2,1H3;4-5,10H,2-3,6-9H2,1H3;4-5,10H,2-3,6-9,14H2,1H3;2-4,9H,1H3;1-6H2;2H,1H3. The number of halogens is 2. The number of phenolic OH excluding ortho intramolecular Hbond substituents is 1. The number of ether oxygens (including phenoxy) is 5. The first-order valence-corrected chi connectivity index (χ1v) is 40.7. The van der Waals surface area contributed by atoms with E-state index in [1.54, 1.807) is 19.1 Å². The van der Waals surface area contributed by atoms with E-state index in [4.69, 9.17) is 51.2 Å². The second kappa shape index (κ2) is 47.1. The van der Waals surface area contributed by atoms with E-state index in [9.17, 15) is 29.8 Å². The van der Waals surface area contributed by atoms with E-state index < -0.39 is 11.0 Å². The largest absolute Gasteiger partial charge is 0.508 e. The van der Waals surface area contributed by atoms with Crippen LogP contribution in [0.4, 0.5) is 28.4 Å². The number of rotatable bonds is 25. The number of carbonyl (C=O) groups is 2. The minimum atomic E-state index is -0.494. The van der Waals surface area contributed by atoms with Gasteiger partial charge in [-0.15, -0.1) is 11.6 Å². The summed E-state index contributed by atoms with van der Waals surface area (Å²) in [7, 11) is 1.00. The Labute approximate surface area is 669 Å². The third kappa shape index (κ3) is 28.8. The normalized spacial score (nSPS) is 17.7. The van der Waals surface area contributed by atoms with Crippen molar-refractivity contribution in [3.63, 3.8) is 0 Å². The molecule has 2 atom stereocenters. The van der Waals surface area contributed by atoms with Crippen LogP contribution >= 0.6 is 27.5 Å². The van der Waals surface area contributed by atoms with Crippen LogP contribution in [0.3, 0.4) is 0 Å². The molecule has 4 N–H and O–H groups in total. The van der Waals surface area contributed by atoms with Crippen molar-refractivity contribution >= 4 is 67.8 Å². The number of nitrogens with two attached hydrogens (primary N) is 1. The van der Waals surface area contributed by atoms with Gasteiger partial charge >= 0.3 is 0 Å². The number of phenols is 1. The number of nitrogen functional groups attached to an aromatic ring is 1. The second-order valence-corrected chi connectivity index (χ2v) is 30.2. The number of aryl methyl sites for hydroxylation is 5. The molecule has 25 heteroatoms. The number of hydrogen-bond acceptors (Lipinski definition) is 19. The molecule has 7 aromatic rings. The maximum Gasteiger partial charge on any atom is 0.269 e. The number of amides is 2. The summed E-state index contributed by atoms with van der Waals surface area (Å²) in [5.74, 6) is 5.25. The second-order valence-electron chi connectivity index (χ2n) is 28.7. The summed E-state index contributed by atoms with van der Waals surface area (Å²) in [6, 6.07) is 44.6. The molecular formula is C86H116BrClN10O13. The fourth-order valence-electron chi connectivity index (χ4n) is 14.2. The summed E-state index contributed by atoms with van der Waals surface area (Å²) in [5, 5.41) is 36.8. The van der Waals surface area contributed by atoms with Gasteiger partial charge in [0.05, 0.1) is 14.7 Å². The summed E-state index contributed by atoms with van der Waals surface area (Å²) in [4.78, 5) is 60.8. The number of aliphatic hydroxyl groups excluding tert-OH is 1. The molecule has 14 rings (SSSR count). The van der Waals surface area contributed by atoms with Crippen LogP contribution in [0, 0.1) is 54.8 Å². The molecule has 0 radical (unpaired) electrons. The lowest BCUT2D eigenvalue weighted by Crippen LogP contribution is -2.32. The number of aliphatic hydroxyl groups is 1. The molecule has 0 aromatic heterocycles. The molecule has 23 nitrogen and oxygen atoms in total. The number of nitrogens with zero attached hydrogens (tertiary/aromatic N) is 9. The van der Waals surface area contributed by atoms with Crippen molar-refractivity contribution in [2.75, 3.05) is 166 Å². The summed E-state index contributed by atoms with van der Waals surface area (Å²) >= 11 is 8.96. The number of nitro groups is 2. The molecule has 0 spiro atoms. The number of hydrogen-bond donors (Lipinski definition) is 3. The van der Waals surface area contributed by atoms with Crippen molar-refractivity contribution in [1.29, 1.82) is 0 Å². The van der Waals surface area contributed by atoms with Crippen molar-refractivity contribution in [3.8, 4) is 45.6 Å². The molecular weight excluding hydrogens is 1500 g/mol. The fraction of sp³-hybridized carbons (Fsp3) is 0.488. The van der Waals surface area contributed by atoms with E-state index in [2.05, 4.69) is 52.6 Å². The van der Waals surface area contributed by atoms with Crippen LogP contribution in [0.5, 0.6) is 34.5 Å². The third-order valence-electron chi connectivity index (χ3n) is 20.5. The Hall–Kier alpha value is -8.59. The number of nitro benzene ring substituents is 2. The Morgan fingerprint density at radius 3 is 1.18 bits per heavy atom. The third-order valence-corrected chi connectivity index (χ3v) is 21.5. The van der Waals surface area contributed by atoms with Gasteiger partial charge in [0.25, 0.3) is 17.3 Å². The number of aromatic hydroxyl groups is 1. The quantitative estimate of drug-likeness (QED) is 0.0208. The molecule has 111 heavy (non-hydrogen) atoms. The topological polar surface area (TPSA) is 256 Å². The highest BCUT2D eigenvalue weighted by atomic mass is 79.9. The molecule has 7 saturated heterocycles. The van der Waals surface area contributed by atoms with E-state index in [1.165, 1.54) is 141 Å². The van der Waals surface area contributed by atoms with Gasteiger partial charge in [0, 0.05) is 107 Å². The van der Waals surface area contributed by atoms with Crippen molar-refractivity contribution < 1.29 is 53.3 Å². The van der Waals surface area contributed by atoms with Gasteiger partial charge in [-0.2, -0.15) is 0 Å². The molecule has 2 amide bonds. The zero-order valence-corrected chi connectivity index (χ0v) is 68.1. The monoisotopic (exact) mass is 1610 g/mol. The van der Waals surface area contributed by atoms with Crippen molar-refractivity contribution in [2.24, 2.45) is 0 Å². The number of anilines is 3. The van der Waals surface area contributed by atoms with Gasteiger partial charge in [0.15, 0.2) is 6.10 Å². The highest BCUT2D eigenvalue weighted by molar-refractivity contribution is 9.10. The van der Waals surface area contributed by atoms with Crippen LogP contribution in [-0.2, 0) is 9.59 Å². The number of likely N-dealkylation sites (tertiary alicyclic amines) is 5. The van der Waals surface area contributed by atoms with Gasteiger partial charge in [0.1, 0.15) is 60.9 Å². The lowest BCUT2D eigenvalue weighted by Gasteiger charge is -2.20. The average Bonchev–Trinajstić information content (AvgIpc) is 1.86. The molecule has 0 bridgehead atoms. The fourth-order valence-corrected chi connectivity index (χ4v) is 14.8. The van der Waals surface area contributed by atoms with Crippen LogP contribution in [0.15, 0.2) is 146 Å². The molecule has 7 fully saturated rings. The lowest BCUT2D eigenvalue weighted by atomic mass is 10.1. The summed E-state index contributed by atoms with van der Waals surface area (Å²) < 4.78 is 29.4. The van der Waals surface area contributed by atoms with Gasteiger partial charge in [-0.1, -0.05) is 58.4 Å². The van der Waals surface area contributed by atoms with Crippen molar-refractivity contribution in [1.82, 2.24) is 24.5 Å². The molecule has 2 unspecified atom stereocenters. The Bertz CT molecular complexity index is 3990. The van der Waals surface area contributed by atoms with Gasteiger partial charge < -0.3 is 54.3 Å². The molecule has 7 heterocycles. The van der Waals surface area contributed by atoms with Crippen LogP contribution in [-0.4, -0.2) is 218 Å². The average molecular weight is 1610 g/mol. The Morgan fingerprint density at radius 2 is 0.802 bits per heavy atom. The van der Waals surface area contributed by atoms with E-state index in [1.807, 2.05) is 135 Å². The molecule has 7 aliphatic heterocycles. The van der Waals surface area contributed by atoms with Gasteiger partial charge in [-0.25, -0.2) is 0 Å². The van der Waals surface area contributed by atoms with E-state index in [-0.39, 0.29) is 38.7 Å². The minimum Gasteiger partial charge on any atom is -0.508 e. The Morgan fingerprint density at radius 1 is 0.441 bits per heavy atom. The predicted octanol–water partition coefficient (Wildman–Crippen LogP) is 15.3. The van der Waals surface area contributed by atoms with Crippen LogP contribution in [0.2, 0.25) is 0 Å². The van der Waals surface area contributed by atoms with Crippen LogP contribution in [0.25, 0.3) is 11.1 Å². The Kier molecular flexibility index (Phi) is 37.3. The SMILES string of the molecule is CO.Cc1cc(N)ccc1OCCN1CCCC1.Cc1cc(N2CCC(Br)C2=O)ccc1OCCN1CCCC1.Cc1cc(N2CCC(Oc3ccc(-c4ccccc4)cc3)C2=O)ccc1OCCN1CCCC1.Cc1cc([N+](=O)[O-])ccc1O.Cc1cc([N+](=O)[O-])ccc1OCCN1CCCC1.ClCCN1CCCC1. The first-order valence-electron chi connectivity index (χ1n) is 39.3. The summed E-state index contributed by atoms with van der Waals surface area (Å²) in [6.45, 7) is 30.9. The van der Waals surface area contributed by atoms with Gasteiger partial charge in [-0.05, 0) is 289 Å². The molecule has 602 valence electrons. The van der Waals surface area contributed by atoms with Gasteiger partial charge in [-0.3, -0.25) is 49.4 Å². The number of carbonyl (C=O) groups excluding carboxylic acids is 2. The van der Waals surface area contributed by atoms with Crippen molar-refractivity contribution in [3.05, 3.63) is 194 Å². The first kappa shape index (κ1) is 88.0. The van der Waals surface area contributed by atoms with Crippen LogP contribution < -0.4 is 39.2 Å². The Balaban J connectivity index is 0.000000176.